The van der Waals surface area contributed by atoms with E-state index in [-0.39, 0.29) is 11.8 Å². The third kappa shape index (κ3) is 7.33. The van der Waals surface area contributed by atoms with Crippen molar-refractivity contribution >= 4 is 29.2 Å². The molecule has 0 bridgehead atoms. The molecule has 0 heterocycles. The molecule has 3 N–H and O–H groups in total. The van der Waals surface area contributed by atoms with Crippen LogP contribution in [0.2, 0.25) is 0 Å². The fourth-order valence-corrected chi connectivity index (χ4v) is 4.46. The lowest BCUT2D eigenvalue weighted by Gasteiger charge is -2.28. The van der Waals surface area contributed by atoms with Gasteiger partial charge in [-0.3, -0.25) is 19.2 Å². The molecule has 0 radical (unpaired) electrons. The van der Waals surface area contributed by atoms with Crippen molar-refractivity contribution in [2.45, 2.75) is 18.9 Å². The topological polar surface area (TPSA) is 122 Å². The number of nitrogens with zero attached hydrogens (tertiary/aromatic N) is 2. The molecule has 0 spiro atoms. The molecule has 1 aliphatic rings. The van der Waals surface area contributed by atoms with Crippen molar-refractivity contribution in [3.05, 3.63) is 102 Å². The minimum absolute atomic E-state index is 0.0853. The van der Waals surface area contributed by atoms with E-state index in [2.05, 4.69) is 5.32 Å². The summed E-state index contributed by atoms with van der Waals surface area (Å²) in [6.45, 7) is -1.05. The number of halogens is 2. The number of ether oxygens (including phenoxy) is 1. The van der Waals surface area contributed by atoms with Crippen molar-refractivity contribution in [2.24, 2.45) is 5.73 Å². The molecule has 0 atom stereocenters. The predicted molar refractivity (Wildman–Crippen MR) is 147 cm³/mol. The van der Waals surface area contributed by atoms with Crippen LogP contribution in [0, 0.1) is 11.6 Å². The fourth-order valence-electron chi connectivity index (χ4n) is 4.46. The Bertz CT molecular complexity index is 1470. The summed E-state index contributed by atoms with van der Waals surface area (Å²) in [5.74, 6) is -4.76. The molecule has 4 rings (SSSR count). The highest BCUT2D eigenvalue weighted by molar-refractivity contribution is 6.41. The summed E-state index contributed by atoms with van der Waals surface area (Å²) in [6, 6.07) is 16.9. The van der Waals surface area contributed by atoms with Crippen molar-refractivity contribution in [1.29, 1.82) is 0 Å². The first-order valence-corrected chi connectivity index (χ1v) is 12.7. The van der Waals surface area contributed by atoms with Gasteiger partial charge in [0.15, 0.2) is 11.6 Å². The number of hydrogen-bond donors (Lipinski definition) is 2. The maximum absolute atomic E-state index is 13.4. The normalized spacial score (nSPS) is 12.6. The van der Waals surface area contributed by atoms with Gasteiger partial charge in [0.25, 0.3) is 5.91 Å². The van der Waals surface area contributed by atoms with Crippen LogP contribution in [0.5, 0.6) is 11.5 Å². The first-order valence-electron chi connectivity index (χ1n) is 12.7. The van der Waals surface area contributed by atoms with Crippen LogP contribution in [0.1, 0.15) is 11.1 Å². The van der Waals surface area contributed by atoms with Crippen LogP contribution in [0.4, 0.5) is 14.5 Å². The van der Waals surface area contributed by atoms with Gasteiger partial charge in [-0.1, -0.05) is 24.3 Å². The van der Waals surface area contributed by atoms with Crippen LogP contribution in [0.3, 0.4) is 0 Å². The number of nitrogens with two attached hydrogens (primary N) is 1. The second-order valence-electron chi connectivity index (χ2n) is 9.47. The van der Waals surface area contributed by atoms with Gasteiger partial charge in [0.05, 0.1) is 0 Å². The maximum atomic E-state index is 13.4. The molecule has 0 saturated carbocycles. The van der Waals surface area contributed by atoms with E-state index in [0.29, 0.717) is 24.3 Å². The molecule has 41 heavy (non-hydrogen) atoms. The van der Waals surface area contributed by atoms with Crippen molar-refractivity contribution in [3.63, 3.8) is 0 Å². The monoisotopic (exact) mass is 562 g/mol. The van der Waals surface area contributed by atoms with Crippen molar-refractivity contribution in [2.75, 3.05) is 25.5 Å². The molecule has 3 aromatic carbocycles. The maximum Gasteiger partial charge on any atom is 0.295 e. The van der Waals surface area contributed by atoms with Gasteiger partial charge in [-0.2, -0.15) is 0 Å². The summed E-state index contributed by atoms with van der Waals surface area (Å²) < 4.78 is 32.0. The minimum atomic E-state index is -1.05. The lowest BCUT2D eigenvalue weighted by molar-refractivity contribution is -0.147. The average molecular weight is 563 g/mol. The van der Waals surface area contributed by atoms with E-state index in [0.717, 1.165) is 40.4 Å². The van der Waals surface area contributed by atoms with Crippen LogP contribution >= 0.6 is 0 Å². The zero-order chi connectivity index (χ0) is 29.5. The van der Waals surface area contributed by atoms with Gasteiger partial charge >= 0.3 is 0 Å². The molecule has 0 aliphatic heterocycles. The Kier molecular flexibility index (Phi) is 9.08. The Hall–Kier alpha value is -5.06. The van der Waals surface area contributed by atoms with Crippen molar-refractivity contribution in [3.8, 4) is 11.5 Å². The van der Waals surface area contributed by atoms with E-state index >= 15 is 0 Å². The van der Waals surface area contributed by atoms with E-state index in [9.17, 15) is 28.0 Å². The summed E-state index contributed by atoms with van der Waals surface area (Å²) in [7, 11) is 1.63. The zero-order valence-electron chi connectivity index (χ0n) is 22.2. The summed E-state index contributed by atoms with van der Waals surface area (Å²) >= 11 is 0. The molecule has 0 unspecified atom stereocenters. The van der Waals surface area contributed by atoms with E-state index in [4.69, 9.17) is 10.5 Å². The predicted octanol–water partition coefficient (Wildman–Crippen LogP) is 3.19. The van der Waals surface area contributed by atoms with Crippen LogP contribution in [0.15, 0.2) is 79.0 Å². The minimum Gasteiger partial charge on any atom is -0.457 e. The van der Waals surface area contributed by atoms with E-state index in [1.807, 2.05) is 24.3 Å². The standard InChI is InChI=1S/C30H28F2N4O5/c1-35(22-14-19-4-2-3-5-20(19)15-22)29(39)18-36(30(40)27(37)12-13-33)17-28(38)34-21-6-8-23(9-7-21)41-24-10-11-25(31)26(32)16-24/h2-13,16,22H,14-15,17-18,33H2,1H3,(H,34,38). The smallest absolute Gasteiger partial charge is 0.295 e. The van der Waals surface area contributed by atoms with Gasteiger partial charge in [0.2, 0.25) is 17.6 Å². The first kappa shape index (κ1) is 28.9. The Morgan fingerprint density at radius 3 is 2.17 bits per heavy atom. The first-order chi connectivity index (χ1) is 19.6. The molecular weight excluding hydrogens is 534 g/mol. The van der Waals surface area contributed by atoms with Crippen molar-refractivity contribution < 1.29 is 32.7 Å². The number of likely N-dealkylation sites (N-methyl/N-ethyl adjacent to an activating group) is 1. The van der Waals surface area contributed by atoms with E-state index < -0.39 is 48.2 Å². The number of ketones is 1. The number of nitrogens with one attached hydrogen (secondary N) is 1. The number of hydrogen-bond acceptors (Lipinski definition) is 6. The molecule has 11 heteroatoms. The van der Waals surface area contributed by atoms with E-state index in [1.54, 1.807) is 7.05 Å². The summed E-state index contributed by atoms with van der Waals surface area (Å²) in [4.78, 5) is 53.4. The number of rotatable bonds is 10. The second kappa shape index (κ2) is 12.9. The molecule has 0 saturated heterocycles. The highest BCUT2D eigenvalue weighted by atomic mass is 19.2. The van der Waals surface area contributed by atoms with Gasteiger partial charge in [-0.25, -0.2) is 8.78 Å². The number of anilines is 1. The van der Waals surface area contributed by atoms with Gasteiger partial charge in [-0.05, 0) is 66.6 Å². The van der Waals surface area contributed by atoms with E-state index in [1.165, 1.54) is 35.2 Å². The van der Waals surface area contributed by atoms with Gasteiger partial charge in [0, 0.05) is 30.9 Å². The zero-order valence-corrected chi connectivity index (χ0v) is 22.2. The van der Waals surface area contributed by atoms with Crippen LogP contribution < -0.4 is 15.8 Å². The summed E-state index contributed by atoms with van der Waals surface area (Å²) in [5, 5.41) is 2.60. The number of carbonyl (C=O) groups is 4. The largest absolute Gasteiger partial charge is 0.457 e. The van der Waals surface area contributed by atoms with Gasteiger partial charge in [0.1, 0.15) is 24.6 Å². The quantitative estimate of drug-likeness (QED) is 0.289. The number of carbonyl (C=O) groups excluding carboxylic acids is 4. The molecule has 3 amide bonds. The molecule has 212 valence electrons. The Morgan fingerprint density at radius 1 is 0.927 bits per heavy atom. The molecular formula is C30H28F2N4O5. The lowest BCUT2D eigenvalue weighted by atomic mass is 10.1. The van der Waals surface area contributed by atoms with Gasteiger partial charge < -0.3 is 25.6 Å². The molecule has 0 aromatic heterocycles. The Labute approximate surface area is 235 Å². The van der Waals surface area contributed by atoms with Crippen molar-refractivity contribution in [1.82, 2.24) is 9.80 Å². The Balaban J connectivity index is 1.39. The SMILES string of the molecule is CN(C(=O)CN(CC(=O)Nc1ccc(Oc2ccc(F)c(F)c2)cc1)C(=O)C(=O)C=CN)C1Cc2ccccc2C1. The van der Waals surface area contributed by atoms with Crippen LogP contribution in [0.25, 0.3) is 0 Å². The average Bonchev–Trinajstić information content (AvgIpc) is 3.39. The lowest BCUT2D eigenvalue weighted by Crippen LogP contribution is -2.49. The van der Waals surface area contributed by atoms with Gasteiger partial charge in [-0.15, -0.1) is 0 Å². The molecule has 3 aromatic rings. The number of amides is 3. The second-order valence-corrected chi connectivity index (χ2v) is 9.47. The third-order valence-corrected chi connectivity index (χ3v) is 6.64. The third-order valence-electron chi connectivity index (χ3n) is 6.64. The molecule has 1 aliphatic carbocycles. The highest BCUT2D eigenvalue weighted by Gasteiger charge is 2.30. The summed E-state index contributed by atoms with van der Waals surface area (Å²) in [6.07, 6.45) is 3.10. The molecule has 0 fully saturated rings. The highest BCUT2D eigenvalue weighted by Crippen LogP contribution is 2.26. The summed E-state index contributed by atoms with van der Waals surface area (Å²) in [5.41, 5.74) is 7.88. The number of benzene rings is 3. The number of fused-ring (bicyclic) bond motifs is 1. The molecule has 9 nitrogen and oxygen atoms in total. The van der Waals surface area contributed by atoms with Crippen LogP contribution in [-0.4, -0.2) is 59.5 Å². The van der Waals surface area contributed by atoms with Crippen LogP contribution in [-0.2, 0) is 32.0 Å². The fraction of sp³-hybridized carbons (Fsp3) is 0.200. The Morgan fingerprint density at radius 2 is 1.56 bits per heavy atom.